The molecule has 1 aliphatic rings. The maximum atomic E-state index is 5.42. The minimum Gasteiger partial charge on any atom is -0.497 e. The molecule has 0 bridgehead atoms. The Kier molecular flexibility index (Phi) is 3.43. The lowest BCUT2D eigenvalue weighted by molar-refractivity contribution is 0.408. The standard InChI is InChI=1S/C20H24O2/c1-19(2)13-20(3,14-6-8-15(21-4)9-7-14)17-11-10-16(22-5)12-18(17)19/h6-12H,13H2,1-5H3/t20-/m1/s1. The number of fused-ring (bicyclic) bond motifs is 1. The molecule has 0 amide bonds. The first-order valence-electron chi connectivity index (χ1n) is 7.74. The van der Waals surface area contributed by atoms with Crippen molar-refractivity contribution in [3.05, 3.63) is 59.2 Å². The highest BCUT2D eigenvalue weighted by atomic mass is 16.5. The molecule has 2 aromatic carbocycles. The number of hydrogen-bond donors (Lipinski definition) is 0. The lowest BCUT2D eigenvalue weighted by Gasteiger charge is -2.28. The molecule has 0 saturated heterocycles. The molecular weight excluding hydrogens is 272 g/mol. The first kappa shape index (κ1) is 15.0. The molecule has 2 nitrogen and oxygen atoms in total. The van der Waals surface area contributed by atoms with E-state index in [1.165, 1.54) is 16.7 Å². The fourth-order valence-electron chi connectivity index (χ4n) is 3.98. The van der Waals surface area contributed by atoms with Crippen molar-refractivity contribution in [1.82, 2.24) is 0 Å². The molecule has 2 aromatic rings. The second kappa shape index (κ2) is 5.05. The van der Waals surface area contributed by atoms with E-state index >= 15 is 0 Å². The van der Waals surface area contributed by atoms with Gasteiger partial charge in [-0.05, 0) is 52.8 Å². The maximum absolute atomic E-state index is 5.42. The molecule has 0 saturated carbocycles. The van der Waals surface area contributed by atoms with E-state index in [0.717, 1.165) is 17.9 Å². The Morgan fingerprint density at radius 2 is 1.36 bits per heavy atom. The molecule has 1 aliphatic carbocycles. The predicted octanol–water partition coefficient (Wildman–Crippen LogP) is 4.69. The molecule has 0 aromatic heterocycles. The Balaban J connectivity index is 2.13. The smallest absolute Gasteiger partial charge is 0.119 e. The number of ether oxygens (including phenoxy) is 2. The fourth-order valence-corrected chi connectivity index (χ4v) is 3.98. The third-order valence-corrected chi connectivity index (χ3v) is 5.07. The van der Waals surface area contributed by atoms with Crippen molar-refractivity contribution in [2.24, 2.45) is 0 Å². The lowest BCUT2D eigenvalue weighted by atomic mass is 9.75. The summed E-state index contributed by atoms with van der Waals surface area (Å²) in [6.45, 7) is 6.98. The quantitative estimate of drug-likeness (QED) is 0.818. The van der Waals surface area contributed by atoms with Crippen molar-refractivity contribution in [3.63, 3.8) is 0 Å². The Bertz CT molecular complexity index is 685. The maximum Gasteiger partial charge on any atom is 0.119 e. The van der Waals surface area contributed by atoms with Gasteiger partial charge in [0.15, 0.2) is 0 Å². The molecule has 0 heterocycles. The van der Waals surface area contributed by atoms with Gasteiger partial charge >= 0.3 is 0 Å². The predicted molar refractivity (Wildman–Crippen MR) is 90.1 cm³/mol. The number of methoxy groups -OCH3 is 2. The van der Waals surface area contributed by atoms with E-state index < -0.39 is 0 Å². The zero-order valence-electron chi connectivity index (χ0n) is 14.1. The molecule has 0 unspecified atom stereocenters. The number of hydrogen-bond acceptors (Lipinski definition) is 2. The number of rotatable bonds is 3. The molecule has 0 N–H and O–H groups in total. The molecule has 0 radical (unpaired) electrons. The van der Waals surface area contributed by atoms with Crippen LogP contribution in [0.15, 0.2) is 42.5 Å². The third-order valence-electron chi connectivity index (χ3n) is 5.07. The molecule has 0 fully saturated rings. The van der Waals surface area contributed by atoms with Crippen LogP contribution in [0, 0.1) is 0 Å². The molecule has 2 heteroatoms. The summed E-state index contributed by atoms with van der Waals surface area (Å²) in [5.74, 6) is 1.84. The van der Waals surface area contributed by atoms with E-state index in [4.69, 9.17) is 9.47 Å². The average Bonchev–Trinajstić information content (AvgIpc) is 2.74. The monoisotopic (exact) mass is 296 g/mol. The summed E-state index contributed by atoms with van der Waals surface area (Å²) in [6, 6.07) is 15.0. The highest BCUT2D eigenvalue weighted by molar-refractivity contribution is 5.54. The van der Waals surface area contributed by atoms with Gasteiger partial charge in [0.2, 0.25) is 0 Å². The first-order chi connectivity index (χ1) is 10.4. The van der Waals surface area contributed by atoms with E-state index in [0.29, 0.717) is 0 Å². The largest absolute Gasteiger partial charge is 0.497 e. The van der Waals surface area contributed by atoms with Gasteiger partial charge in [-0.1, -0.05) is 39.0 Å². The van der Waals surface area contributed by atoms with E-state index in [2.05, 4.69) is 63.2 Å². The van der Waals surface area contributed by atoms with Crippen molar-refractivity contribution in [2.45, 2.75) is 38.0 Å². The zero-order valence-corrected chi connectivity index (χ0v) is 14.1. The molecule has 0 aliphatic heterocycles. The fraction of sp³-hybridized carbons (Fsp3) is 0.400. The van der Waals surface area contributed by atoms with Crippen molar-refractivity contribution in [2.75, 3.05) is 14.2 Å². The van der Waals surface area contributed by atoms with Gasteiger partial charge in [0.25, 0.3) is 0 Å². The molecular formula is C20H24O2. The van der Waals surface area contributed by atoms with E-state index in [9.17, 15) is 0 Å². The molecule has 0 spiro atoms. The normalized spacial score (nSPS) is 22.2. The number of benzene rings is 2. The van der Waals surface area contributed by atoms with Crippen LogP contribution in [0.2, 0.25) is 0 Å². The Morgan fingerprint density at radius 3 is 1.95 bits per heavy atom. The van der Waals surface area contributed by atoms with Crippen LogP contribution in [0.4, 0.5) is 0 Å². The van der Waals surface area contributed by atoms with Crippen molar-refractivity contribution >= 4 is 0 Å². The van der Waals surface area contributed by atoms with Gasteiger partial charge in [0, 0.05) is 5.41 Å². The van der Waals surface area contributed by atoms with E-state index in [1.807, 2.05) is 0 Å². The summed E-state index contributed by atoms with van der Waals surface area (Å²) >= 11 is 0. The lowest BCUT2D eigenvalue weighted by Crippen LogP contribution is -2.23. The minimum atomic E-state index is 0.0252. The van der Waals surface area contributed by atoms with Crippen LogP contribution in [-0.4, -0.2) is 14.2 Å². The first-order valence-corrected chi connectivity index (χ1v) is 7.74. The minimum absolute atomic E-state index is 0.0252. The van der Waals surface area contributed by atoms with Gasteiger partial charge in [-0.3, -0.25) is 0 Å². The second-order valence-corrected chi connectivity index (χ2v) is 7.03. The van der Waals surface area contributed by atoms with Crippen LogP contribution in [0.1, 0.15) is 43.9 Å². The summed E-state index contributed by atoms with van der Waals surface area (Å²) in [7, 11) is 3.43. The highest BCUT2D eigenvalue weighted by Crippen LogP contribution is 2.53. The molecule has 1 atom stereocenters. The topological polar surface area (TPSA) is 18.5 Å². The van der Waals surface area contributed by atoms with E-state index in [-0.39, 0.29) is 10.8 Å². The average molecular weight is 296 g/mol. The van der Waals surface area contributed by atoms with E-state index in [1.54, 1.807) is 14.2 Å². The van der Waals surface area contributed by atoms with Gasteiger partial charge in [-0.2, -0.15) is 0 Å². The van der Waals surface area contributed by atoms with Gasteiger partial charge in [-0.15, -0.1) is 0 Å². The van der Waals surface area contributed by atoms with Gasteiger partial charge in [0.05, 0.1) is 14.2 Å². The molecule has 116 valence electrons. The summed E-state index contributed by atoms with van der Waals surface area (Å²) in [4.78, 5) is 0. The summed E-state index contributed by atoms with van der Waals surface area (Å²) in [5, 5.41) is 0. The van der Waals surface area contributed by atoms with Crippen molar-refractivity contribution < 1.29 is 9.47 Å². The van der Waals surface area contributed by atoms with Crippen LogP contribution in [0.5, 0.6) is 11.5 Å². The molecule has 22 heavy (non-hydrogen) atoms. The molecule has 3 rings (SSSR count). The Morgan fingerprint density at radius 1 is 0.773 bits per heavy atom. The SMILES string of the molecule is COc1ccc([C@@]2(C)CC(C)(C)c3cc(OC)ccc32)cc1. The van der Waals surface area contributed by atoms with Crippen LogP contribution in [-0.2, 0) is 10.8 Å². The summed E-state index contributed by atoms with van der Waals surface area (Å²) < 4.78 is 10.7. The van der Waals surface area contributed by atoms with Gasteiger partial charge in [-0.25, -0.2) is 0 Å². The van der Waals surface area contributed by atoms with Gasteiger partial charge < -0.3 is 9.47 Å². The van der Waals surface area contributed by atoms with Crippen molar-refractivity contribution in [3.8, 4) is 11.5 Å². The zero-order chi connectivity index (χ0) is 16.0. The third kappa shape index (κ3) is 2.18. The Labute approximate surface area is 133 Å². The van der Waals surface area contributed by atoms with Crippen LogP contribution < -0.4 is 9.47 Å². The van der Waals surface area contributed by atoms with Crippen molar-refractivity contribution in [1.29, 1.82) is 0 Å². The van der Waals surface area contributed by atoms with Crippen LogP contribution in [0.25, 0.3) is 0 Å². The van der Waals surface area contributed by atoms with Crippen LogP contribution >= 0.6 is 0 Å². The van der Waals surface area contributed by atoms with Crippen LogP contribution in [0.3, 0.4) is 0 Å². The summed E-state index contributed by atoms with van der Waals surface area (Å²) in [5.41, 5.74) is 4.30. The second-order valence-electron chi connectivity index (χ2n) is 7.03. The Hall–Kier alpha value is -1.96. The summed E-state index contributed by atoms with van der Waals surface area (Å²) in [6.07, 6.45) is 1.09. The highest BCUT2D eigenvalue weighted by Gasteiger charge is 2.45. The van der Waals surface area contributed by atoms with Gasteiger partial charge in [0.1, 0.15) is 11.5 Å².